The van der Waals surface area contributed by atoms with E-state index in [2.05, 4.69) is 10.3 Å². The highest BCUT2D eigenvalue weighted by atomic mass is 35.5. The summed E-state index contributed by atoms with van der Waals surface area (Å²) in [6.07, 6.45) is 1.62. The number of anilines is 1. The van der Waals surface area contributed by atoms with Crippen LogP contribution in [0.2, 0.25) is 9.49 Å². The number of nitrogens with one attached hydrogen (secondary N) is 1. The first-order valence-electron chi connectivity index (χ1n) is 5.02. The van der Waals surface area contributed by atoms with Gasteiger partial charge in [-0.3, -0.25) is 0 Å². The second-order valence-electron chi connectivity index (χ2n) is 3.62. The van der Waals surface area contributed by atoms with Gasteiger partial charge in [-0.25, -0.2) is 18.5 Å². The molecule has 0 bridgehead atoms. The molecular formula is C10H9Cl2N3O2S2. The Morgan fingerprint density at radius 1 is 1.37 bits per heavy atom. The smallest absolute Gasteiger partial charge is 0.240 e. The highest BCUT2D eigenvalue weighted by Crippen LogP contribution is 2.25. The summed E-state index contributed by atoms with van der Waals surface area (Å²) in [5.74, 6) is 0. The predicted octanol–water partition coefficient (Wildman–Crippen LogP) is 2.71. The van der Waals surface area contributed by atoms with E-state index in [9.17, 15) is 8.42 Å². The molecule has 0 amide bonds. The van der Waals surface area contributed by atoms with E-state index in [0.717, 1.165) is 4.88 Å². The fraction of sp³-hybridized carbons (Fsp3) is 0.100. The van der Waals surface area contributed by atoms with Crippen molar-refractivity contribution in [2.75, 3.05) is 5.32 Å². The Bertz CT molecular complexity index is 701. The third-order valence-electron chi connectivity index (χ3n) is 2.23. The zero-order chi connectivity index (χ0) is 14.0. The first-order chi connectivity index (χ1) is 8.86. The number of nitrogens with zero attached hydrogens (tertiary/aromatic N) is 1. The van der Waals surface area contributed by atoms with Gasteiger partial charge in [0, 0.05) is 16.1 Å². The summed E-state index contributed by atoms with van der Waals surface area (Å²) >= 11 is 12.8. The SMILES string of the molecule is NS(=O)(=O)c1cc(Cl)ccc1NCc1cnc(Cl)s1. The van der Waals surface area contributed by atoms with Crippen LogP contribution in [0, 0.1) is 0 Å². The first kappa shape index (κ1) is 14.5. The number of sulfonamides is 1. The largest absolute Gasteiger partial charge is 0.379 e. The van der Waals surface area contributed by atoms with Crippen molar-refractivity contribution in [3.63, 3.8) is 0 Å². The predicted molar refractivity (Wildman–Crippen MR) is 77.3 cm³/mol. The Morgan fingerprint density at radius 2 is 2.11 bits per heavy atom. The molecule has 0 aliphatic carbocycles. The summed E-state index contributed by atoms with van der Waals surface area (Å²) in [6.45, 7) is 0.397. The second kappa shape index (κ2) is 5.64. The van der Waals surface area contributed by atoms with Crippen LogP contribution < -0.4 is 10.5 Å². The van der Waals surface area contributed by atoms with E-state index >= 15 is 0 Å². The average Bonchev–Trinajstić information content (AvgIpc) is 2.72. The van der Waals surface area contributed by atoms with Crippen molar-refractivity contribution in [3.05, 3.63) is 38.8 Å². The van der Waals surface area contributed by atoms with Crippen LogP contribution in [-0.4, -0.2) is 13.4 Å². The Hall–Kier alpha value is -0.860. The number of nitrogens with two attached hydrogens (primary N) is 1. The molecule has 0 aliphatic rings. The second-order valence-corrected chi connectivity index (χ2v) is 7.28. The molecule has 0 saturated carbocycles. The molecule has 2 aromatic rings. The molecule has 0 fully saturated rings. The van der Waals surface area contributed by atoms with Gasteiger partial charge in [-0.2, -0.15) is 0 Å². The molecule has 2 rings (SSSR count). The number of thiazole rings is 1. The standard InChI is InChI=1S/C10H9Cl2N3O2S2/c11-6-1-2-8(9(3-6)19(13,16)17)14-4-7-5-15-10(12)18-7/h1-3,5,14H,4H2,(H2,13,16,17). The molecule has 0 aliphatic heterocycles. The lowest BCUT2D eigenvalue weighted by molar-refractivity contribution is 0.598. The molecule has 102 valence electrons. The normalized spacial score (nSPS) is 11.5. The molecule has 9 heteroatoms. The summed E-state index contributed by atoms with van der Waals surface area (Å²) in [6, 6.07) is 4.45. The maximum atomic E-state index is 11.5. The number of aromatic nitrogens is 1. The van der Waals surface area contributed by atoms with Crippen LogP contribution in [0.25, 0.3) is 0 Å². The van der Waals surface area contributed by atoms with Gasteiger partial charge in [0.2, 0.25) is 10.0 Å². The van der Waals surface area contributed by atoms with Crippen LogP contribution in [0.5, 0.6) is 0 Å². The molecule has 1 aromatic heterocycles. The lowest BCUT2D eigenvalue weighted by atomic mass is 10.3. The topological polar surface area (TPSA) is 85.1 Å². The lowest BCUT2D eigenvalue weighted by Crippen LogP contribution is -2.15. The zero-order valence-corrected chi connectivity index (χ0v) is 12.6. The van der Waals surface area contributed by atoms with Gasteiger partial charge in [0.25, 0.3) is 0 Å². The number of hydrogen-bond acceptors (Lipinski definition) is 5. The van der Waals surface area contributed by atoms with Crippen LogP contribution in [0.4, 0.5) is 5.69 Å². The minimum absolute atomic E-state index is 0.0457. The summed E-state index contributed by atoms with van der Waals surface area (Å²) < 4.78 is 23.4. The van der Waals surface area contributed by atoms with Gasteiger partial charge < -0.3 is 5.32 Å². The Labute approximate surface area is 124 Å². The van der Waals surface area contributed by atoms with Crippen LogP contribution in [0.1, 0.15) is 4.88 Å². The van der Waals surface area contributed by atoms with Gasteiger partial charge in [0.15, 0.2) is 4.47 Å². The van der Waals surface area contributed by atoms with E-state index in [1.54, 1.807) is 18.3 Å². The number of benzene rings is 1. The molecule has 0 unspecified atom stereocenters. The summed E-state index contributed by atoms with van der Waals surface area (Å²) in [7, 11) is -3.84. The van der Waals surface area contributed by atoms with Crippen molar-refractivity contribution in [1.82, 2.24) is 4.98 Å². The van der Waals surface area contributed by atoms with Crippen molar-refractivity contribution in [3.8, 4) is 0 Å². The number of hydrogen-bond donors (Lipinski definition) is 2. The maximum absolute atomic E-state index is 11.5. The van der Waals surface area contributed by atoms with Crippen molar-refractivity contribution in [2.45, 2.75) is 11.4 Å². The third kappa shape index (κ3) is 3.80. The molecule has 0 radical (unpaired) electrons. The monoisotopic (exact) mass is 337 g/mol. The lowest BCUT2D eigenvalue weighted by Gasteiger charge is -2.10. The van der Waals surface area contributed by atoms with Crippen molar-refractivity contribution < 1.29 is 8.42 Å². The average molecular weight is 338 g/mol. The van der Waals surface area contributed by atoms with Crippen molar-refractivity contribution in [2.24, 2.45) is 5.14 Å². The van der Waals surface area contributed by atoms with E-state index in [1.165, 1.54) is 17.4 Å². The zero-order valence-electron chi connectivity index (χ0n) is 9.43. The van der Waals surface area contributed by atoms with E-state index in [1.807, 2.05) is 0 Å². The van der Waals surface area contributed by atoms with Crippen LogP contribution in [-0.2, 0) is 16.6 Å². The van der Waals surface area contributed by atoms with Crippen LogP contribution in [0.3, 0.4) is 0 Å². The fourth-order valence-electron chi connectivity index (χ4n) is 1.43. The van der Waals surface area contributed by atoms with E-state index in [-0.39, 0.29) is 4.90 Å². The van der Waals surface area contributed by atoms with Gasteiger partial charge >= 0.3 is 0 Å². The highest BCUT2D eigenvalue weighted by Gasteiger charge is 2.14. The molecule has 1 aromatic carbocycles. The Kier molecular flexibility index (Phi) is 4.32. The molecule has 0 atom stereocenters. The summed E-state index contributed by atoms with van der Waals surface area (Å²) in [5, 5.41) is 8.41. The van der Waals surface area contributed by atoms with E-state index in [4.69, 9.17) is 28.3 Å². The van der Waals surface area contributed by atoms with Crippen molar-refractivity contribution >= 4 is 50.2 Å². The molecule has 0 spiro atoms. The van der Waals surface area contributed by atoms with Crippen LogP contribution >= 0.6 is 34.5 Å². The Morgan fingerprint density at radius 3 is 2.68 bits per heavy atom. The van der Waals surface area contributed by atoms with Gasteiger partial charge in [-0.1, -0.05) is 23.2 Å². The summed E-state index contributed by atoms with van der Waals surface area (Å²) in [4.78, 5) is 4.72. The minimum atomic E-state index is -3.84. The van der Waals surface area contributed by atoms with E-state index in [0.29, 0.717) is 21.7 Å². The van der Waals surface area contributed by atoms with Crippen molar-refractivity contribution in [1.29, 1.82) is 0 Å². The number of rotatable bonds is 4. The molecule has 3 N–H and O–H groups in total. The minimum Gasteiger partial charge on any atom is -0.379 e. The fourth-order valence-corrected chi connectivity index (χ4v) is 3.32. The van der Waals surface area contributed by atoms with Gasteiger partial charge in [0.1, 0.15) is 4.90 Å². The van der Waals surface area contributed by atoms with Gasteiger partial charge in [0.05, 0.1) is 12.2 Å². The maximum Gasteiger partial charge on any atom is 0.240 e. The summed E-state index contributed by atoms with van der Waals surface area (Å²) in [5.41, 5.74) is 0.386. The van der Waals surface area contributed by atoms with Crippen LogP contribution in [0.15, 0.2) is 29.3 Å². The van der Waals surface area contributed by atoms with Gasteiger partial charge in [-0.05, 0) is 18.2 Å². The highest BCUT2D eigenvalue weighted by molar-refractivity contribution is 7.89. The quantitative estimate of drug-likeness (QED) is 0.898. The number of primary sulfonamides is 1. The molecule has 0 saturated heterocycles. The number of halogens is 2. The molecule has 5 nitrogen and oxygen atoms in total. The first-order valence-corrected chi connectivity index (χ1v) is 8.14. The van der Waals surface area contributed by atoms with E-state index < -0.39 is 10.0 Å². The molecule has 19 heavy (non-hydrogen) atoms. The molecule has 1 heterocycles. The van der Waals surface area contributed by atoms with Gasteiger partial charge in [-0.15, -0.1) is 11.3 Å². The molecular weight excluding hydrogens is 329 g/mol. The Balaban J connectivity index is 2.25. The third-order valence-corrected chi connectivity index (χ3v) is 4.53.